The van der Waals surface area contributed by atoms with Crippen molar-refractivity contribution in [3.05, 3.63) is 63.9 Å². The van der Waals surface area contributed by atoms with Crippen molar-refractivity contribution in [3.8, 4) is 0 Å². The molecule has 144 valence electrons. The van der Waals surface area contributed by atoms with Crippen LogP contribution in [0.25, 0.3) is 0 Å². The Hall–Kier alpha value is -2.63. The number of rotatable bonds is 7. The third-order valence-corrected chi connectivity index (χ3v) is 5.13. The van der Waals surface area contributed by atoms with E-state index in [9.17, 15) is 9.59 Å². The number of nitrogens with one attached hydrogen (secondary N) is 1. The van der Waals surface area contributed by atoms with E-state index in [2.05, 4.69) is 16.5 Å². The maximum absolute atomic E-state index is 12.6. The summed E-state index contributed by atoms with van der Waals surface area (Å²) in [6.45, 7) is 4.31. The van der Waals surface area contributed by atoms with Crippen LogP contribution in [0.3, 0.4) is 0 Å². The number of allylic oxidation sites excluding steroid dienone is 1. The SMILES string of the molecule is Cc1nn(CC(=O)NC(C)C2=CCCCC2)c(=O)n1CCc1ccccc1. The van der Waals surface area contributed by atoms with Crippen LogP contribution in [0.2, 0.25) is 0 Å². The molecular formula is C21H28N4O2. The van der Waals surface area contributed by atoms with Crippen LogP contribution < -0.4 is 11.0 Å². The number of hydrogen-bond acceptors (Lipinski definition) is 3. The molecule has 1 aromatic heterocycles. The van der Waals surface area contributed by atoms with Gasteiger partial charge in [-0.05, 0) is 51.5 Å². The minimum atomic E-state index is -0.233. The molecule has 0 fully saturated rings. The van der Waals surface area contributed by atoms with E-state index in [1.54, 1.807) is 11.5 Å². The van der Waals surface area contributed by atoms with Gasteiger partial charge in [-0.25, -0.2) is 9.48 Å². The molecule has 0 saturated heterocycles. The molecule has 0 spiro atoms. The second kappa shape index (κ2) is 8.84. The van der Waals surface area contributed by atoms with Gasteiger partial charge in [-0.1, -0.05) is 42.0 Å². The van der Waals surface area contributed by atoms with E-state index in [-0.39, 0.29) is 24.2 Å². The lowest BCUT2D eigenvalue weighted by molar-refractivity contribution is -0.122. The Labute approximate surface area is 159 Å². The van der Waals surface area contributed by atoms with Crippen LogP contribution in [-0.4, -0.2) is 26.3 Å². The van der Waals surface area contributed by atoms with Crippen molar-refractivity contribution in [2.24, 2.45) is 0 Å². The summed E-state index contributed by atoms with van der Waals surface area (Å²) >= 11 is 0. The number of hydrogen-bond donors (Lipinski definition) is 1. The molecule has 1 amide bonds. The van der Waals surface area contributed by atoms with Gasteiger partial charge in [0.15, 0.2) is 0 Å². The first-order valence-corrected chi connectivity index (χ1v) is 9.71. The molecule has 6 nitrogen and oxygen atoms in total. The highest BCUT2D eigenvalue weighted by Gasteiger charge is 2.17. The monoisotopic (exact) mass is 368 g/mol. The van der Waals surface area contributed by atoms with E-state index < -0.39 is 0 Å². The standard InChI is InChI=1S/C21H28N4O2/c1-16(19-11-7-4-8-12-19)22-20(26)15-25-21(27)24(17(2)23-25)14-13-18-9-5-3-6-10-18/h3,5-6,9-11,16H,4,7-8,12-15H2,1-2H3,(H,22,26). The van der Waals surface area contributed by atoms with Crippen molar-refractivity contribution >= 4 is 5.91 Å². The predicted molar refractivity (Wildman–Crippen MR) is 106 cm³/mol. The summed E-state index contributed by atoms with van der Waals surface area (Å²) in [5, 5.41) is 7.27. The molecule has 1 N–H and O–H groups in total. The fraction of sp³-hybridized carbons (Fsp3) is 0.476. The van der Waals surface area contributed by atoms with E-state index >= 15 is 0 Å². The number of amides is 1. The first kappa shape index (κ1) is 19.1. The molecule has 2 aromatic rings. The van der Waals surface area contributed by atoms with Crippen molar-refractivity contribution in [1.29, 1.82) is 0 Å². The largest absolute Gasteiger partial charge is 0.348 e. The summed E-state index contributed by atoms with van der Waals surface area (Å²) in [5.41, 5.74) is 2.22. The summed E-state index contributed by atoms with van der Waals surface area (Å²) in [4.78, 5) is 25.0. The van der Waals surface area contributed by atoms with Gasteiger partial charge in [-0.15, -0.1) is 0 Å². The summed E-state index contributed by atoms with van der Waals surface area (Å²) < 4.78 is 2.89. The van der Waals surface area contributed by atoms with Gasteiger partial charge in [0, 0.05) is 12.6 Å². The highest BCUT2D eigenvalue weighted by atomic mass is 16.2. The number of benzene rings is 1. The molecule has 27 heavy (non-hydrogen) atoms. The van der Waals surface area contributed by atoms with Crippen molar-refractivity contribution in [1.82, 2.24) is 19.7 Å². The van der Waals surface area contributed by atoms with Gasteiger partial charge < -0.3 is 5.32 Å². The molecule has 1 atom stereocenters. The molecule has 1 heterocycles. The highest BCUT2D eigenvalue weighted by Crippen LogP contribution is 2.20. The zero-order chi connectivity index (χ0) is 19.2. The van der Waals surface area contributed by atoms with Crippen molar-refractivity contribution in [3.63, 3.8) is 0 Å². The normalized spacial score (nSPS) is 15.3. The number of aryl methyl sites for hydroxylation is 2. The summed E-state index contributed by atoms with van der Waals surface area (Å²) in [7, 11) is 0. The third kappa shape index (κ3) is 4.96. The number of nitrogens with zero attached hydrogens (tertiary/aromatic N) is 3. The van der Waals surface area contributed by atoms with E-state index in [1.807, 2.05) is 37.3 Å². The van der Waals surface area contributed by atoms with Crippen molar-refractivity contribution in [2.75, 3.05) is 0 Å². The molecule has 0 aliphatic heterocycles. The number of carbonyl (C=O) groups is 1. The van der Waals surface area contributed by atoms with E-state index in [0.717, 1.165) is 19.3 Å². The maximum Gasteiger partial charge on any atom is 0.346 e. The van der Waals surface area contributed by atoms with Gasteiger partial charge in [-0.3, -0.25) is 9.36 Å². The smallest absolute Gasteiger partial charge is 0.346 e. The van der Waals surface area contributed by atoms with Crippen molar-refractivity contribution < 1.29 is 4.79 Å². The quantitative estimate of drug-likeness (QED) is 0.764. The van der Waals surface area contributed by atoms with Gasteiger partial charge in [0.1, 0.15) is 12.4 Å². The molecular weight excluding hydrogens is 340 g/mol. The maximum atomic E-state index is 12.6. The van der Waals surface area contributed by atoms with Crippen LogP contribution in [0, 0.1) is 6.92 Å². The molecule has 6 heteroatoms. The first-order chi connectivity index (χ1) is 13.0. The van der Waals surface area contributed by atoms with Gasteiger partial charge in [0.05, 0.1) is 0 Å². The van der Waals surface area contributed by atoms with E-state index in [4.69, 9.17) is 0 Å². The predicted octanol–water partition coefficient (Wildman–Crippen LogP) is 2.60. The Kier molecular flexibility index (Phi) is 6.27. The van der Waals surface area contributed by atoms with Crippen LogP contribution in [0.1, 0.15) is 44.0 Å². The van der Waals surface area contributed by atoms with Crippen LogP contribution in [0.5, 0.6) is 0 Å². The minimum Gasteiger partial charge on any atom is -0.348 e. The molecule has 1 aromatic carbocycles. The van der Waals surface area contributed by atoms with Gasteiger partial charge >= 0.3 is 5.69 Å². The summed E-state index contributed by atoms with van der Waals surface area (Å²) in [5.74, 6) is 0.454. The minimum absolute atomic E-state index is 0.00904. The zero-order valence-electron chi connectivity index (χ0n) is 16.1. The lowest BCUT2D eigenvalue weighted by Gasteiger charge is -2.20. The average molecular weight is 368 g/mol. The van der Waals surface area contributed by atoms with Crippen LogP contribution >= 0.6 is 0 Å². The Morgan fingerprint density at radius 3 is 2.74 bits per heavy atom. The van der Waals surface area contributed by atoms with Gasteiger partial charge in [0.25, 0.3) is 0 Å². The molecule has 1 unspecified atom stereocenters. The number of aromatic nitrogens is 3. The third-order valence-electron chi connectivity index (χ3n) is 5.13. The van der Waals surface area contributed by atoms with Gasteiger partial charge in [-0.2, -0.15) is 5.10 Å². The molecule has 0 radical (unpaired) electrons. The van der Waals surface area contributed by atoms with Crippen LogP contribution in [-0.2, 0) is 24.3 Å². The Bertz CT molecular complexity index is 864. The fourth-order valence-corrected chi connectivity index (χ4v) is 3.57. The second-order valence-corrected chi connectivity index (χ2v) is 7.19. The summed E-state index contributed by atoms with van der Waals surface area (Å²) in [6, 6.07) is 10.0. The van der Waals surface area contributed by atoms with Crippen molar-refractivity contribution in [2.45, 2.75) is 65.1 Å². The fourth-order valence-electron chi connectivity index (χ4n) is 3.57. The van der Waals surface area contributed by atoms with Crippen LogP contribution in [0.15, 0.2) is 46.8 Å². The Morgan fingerprint density at radius 1 is 1.26 bits per heavy atom. The lowest BCUT2D eigenvalue weighted by Crippen LogP contribution is -2.39. The highest BCUT2D eigenvalue weighted by molar-refractivity contribution is 5.76. The van der Waals surface area contributed by atoms with Gasteiger partial charge in [0.2, 0.25) is 5.91 Å². The number of carbonyl (C=O) groups excluding carboxylic acids is 1. The zero-order valence-corrected chi connectivity index (χ0v) is 16.1. The van der Waals surface area contributed by atoms with E-state index in [0.29, 0.717) is 12.4 Å². The topological polar surface area (TPSA) is 68.9 Å². The van der Waals surface area contributed by atoms with Crippen LogP contribution in [0.4, 0.5) is 0 Å². The molecule has 0 bridgehead atoms. The van der Waals surface area contributed by atoms with E-state index in [1.165, 1.54) is 28.7 Å². The lowest BCUT2D eigenvalue weighted by atomic mass is 9.95. The average Bonchev–Trinajstić information content (AvgIpc) is 2.94. The molecule has 3 rings (SSSR count). The Balaban J connectivity index is 1.61. The summed E-state index contributed by atoms with van der Waals surface area (Å²) in [6.07, 6.45) is 7.50. The first-order valence-electron chi connectivity index (χ1n) is 9.71. The second-order valence-electron chi connectivity index (χ2n) is 7.19. The molecule has 0 saturated carbocycles. The molecule has 1 aliphatic carbocycles. The molecule has 1 aliphatic rings. The Morgan fingerprint density at radius 2 is 2.04 bits per heavy atom.